The number of fused-ring (bicyclic) bond motifs is 2. The molecule has 0 radical (unpaired) electrons. The molecular formula is C31H28N3NaO12S3. The summed E-state index contributed by atoms with van der Waals surface area (Å²) in [5.74, 6) is -4.05. The molecule has 0 saturated carbocycles. The summed E-state index contributed by atoms with van der Waals surface area (Å²) in [6, 6.07) is 11.0. The van der Waals surface area contributed by atoms with Crippen LogP contribution in [0.15, 0.2) is 86.5 Å². The first-order valence-electron chi connectivity index (χ1n) is 14.6. The van der Waals surface area contributed by atoms with Gasteiger partial charge in [-0.05, 0) is 48.9 Å². The van der Waals surface area contributed by atoms with Crippen LogP contribution in [0.5, 0.6) is 0 Å². The first-order chi connectivity index (χ1) is 23.2. The van der Waals surface area contributed by atoms with Crippen LogP contribution in [0.4, 0.5) is 11.4 Å². The zero-order chi connectivity index (χ0) is 35.5. The molecule has 0 spiro atoms. The second-order valence-electron chi connectivity index (χ2n) is 10.8. The Hall–Kier alpha value is -3.62. The number of nitrogens with zero attached hydrogens (tertiary/aromatic N) is 3. The number of sulfone groups is 1. The molecule has 0 bridgehead atoms. The Bertz CT molecular complexity index is 2050. The topological polar surface area (TPSA) is 205 Å². The minimum Gasteiger partial charge on any atom is -0.748 e. The zero-order valence-corrected chi connectivity index (χ0v) is 31.2. The summed E-state index contributed by atoms with van der Waals surface area (Å²) in [4.78, 5) is 68.6. The minimum atomic E-state index is -4.46. The fourth-order valence-corrected chi connectivity index (χ4v) is 8.19. The summed E-state index contributed by atoms with van der Waals surface area (Å²) in [6.45, 7) is -1.06. The van der Waals surface area contributed by atoms with Crippen molar-refractivity contribution in [3.8, 4) is 0 Å². The molecule has 0 atom stereocenters. The molecule has 15 nitrogen and oxygen atoms in total. The molecule has 3 aliphatic heterocycles. The van der Waals surface area contributed by atoms with Crippen molar-refractivity contribution < 1.29 is 84.5 Å². The van der Waals surface area contributed by atoms with Crippen LogP contribution in [0, 0.1) is 0 Å². The van der Waals surface area contributed by atoms with Crippen molar-refractivity contribution in [3.05, 3.63) is 82.3 Å². The summed E-state index contributed by atoms with van der Waals surface area (Å²) in [5.41, 5.74) is 1.21. The number of hydroxylamine groups is 2. The van der Waals surface area contributed by atoms with Crippen LogP contribution in [0.1, 0.15) is 29.6 Å². The van der Waals surface area contributed by atoms with E-state index in [0.29, 0.717) is 26.4 Å². The number of likely N-dealkylation sites (N-methyl/N-ethyl adjacent to an activating group) is 1. The number of ether oxygens (including phenoxy) is 1. The van der Waals surface area contributed by atoms with E-state index in [1.165, 1.54) is 60.1 Å². The van der Waals surface area contributed by atoms with Crippen molar-refractivity contribution in [1.82, 2.24) is 5.06 Å². The van der Waals surface area contributed by atoms with Gasteiger partial charge in [0.1, 0.15) is 18.1 Å². The molecule has 5 rings (SSSR count). The average molecular weight is 754 g/mol. The number of Topliss-reactive ketones (excluding diaryl/α,β-unsaturated/α-hetero) is 1. The van der Waals surface area contributed by atoms with Gasteiger partial charge in [0.2, 0.25) is 15.6 Å². The van der Waals surface area contributed by atoms with Crippen LogP contribution in [-0.2, 0) is 48.7 Å². The first kappa shape index (κ1) is 39.2. The molecule has 3 aliphatic rings. The molecule has 19 heteroatoms. The SMILES string of the molecule is CN(C(=O)COCC(=O)ON1C(=O)CCC1=O)c1ccc2c(c1)S/C(=C/C=C/C=C1/C(=O)c3ccccc3S1(=O)=O)N2CCCS(=O)(=O)[O-].[Na+]. The van der Waals surface area contributed by atoms with Crippen molar-refractivity contribution in [2.75, 3.05) is 42.4 Å². The van der Waals surface area contributed by atoms with Gasteiger partial charge in [0, 0.05) is 48.3 Å². The van der Waals surface area contributed by atoms with E-state index in [2.05, 4.69) is 0 Å². The zero-order valence-electron chi connectivity index (χ0n) is 26.8. The number of hydrogen-bond donors (Lipinski definition) is 0. The minimum absolute atomic E-state index is 0. The number of carbonyl (C=O) groups is 5. The number of hydrogen-bond acceptors (Lipinski definition) is 14. The van der Waals surface area contributed by atoms with Crippen LogP contribution < -0.4 is 39.4 Å². The van der Waals surface area contributed by atoms with Gasteiger partial charge < -0.3 is 23.9 Å². The molecule has 0 unspecified atom stereocenters. The Labute approximate surface area is 313 Å². The van der Waals surface area contributed by atoms with Crippen molar-refractivity contribution >= 4 is 72.6 Å². The molecule has 3 heterocycles. The van der Waals surface area contributed by atoms with E-state index >= 15 is 0 Å². The second kappa shape index (κ2) is 16.2. The standard InChI is InChI=1S/C31H29N3O12S3.Na/c1-32(28(37)18-45-19-30(38)46-34-26(35)13-14-27(34)36)20-11-12-22-23(17-20)47-29(33(22)15-6-16-48(40,41)42)10-5-4-9-25-31(39)21-7-2-3-8-24(21)49(25,43)44;/h2-5,7-12,17H,6,13-16,18-19H2,1H3,(H,40,41,42);/q;+1/p-1/b5-4+,25-9-,29-10+;. The van der Waals surface area contributed by atoms with Gasteiger partial charge in [-0.3, -0.25) is 19.2 Å². The molecule has 0 aromatic heterocycles. The smallest absolute Gasteiger partial charge is 0.748 e. The van der Waals surface area contributed by atoms with Crippen LogP contribution in [0.2, 0.25) is 0 Å². The number of benzene rings is 2. The van der Waals surface area contributed by atoms with Crippen molar-refractivity contribution in [2.24, 2.45) is 0 Å². The first-order valence-corrected chi connectivity index (χ1v) is 18.5. The molecule has 3 amide bonds. The quantitative estimate of drug-likeness (QED) is 0.111. The normalized spacial score (nSPS) is 18.2. The summed E-state index contributed by atoms with van der Waals surface area (Å²) < 4.78 is 64.5. The fourth-order valence-electron chi connectivity index (χ4n) is 5.01. The Kier molecular flexibility index (Phi) is 12.7. The van der Waals surface area contributed by atoms with Crippen LogP contribution >= 0.6 is 11.8 Å². The van der Waals surface area contributed by atoms with E-state index in [9.17, 15) is 45.4 Å². The van der Waals surface area contributed by atoms with Gasteiger partial charge in [0.25, 0.3) is 17.7 Å². The molecule has 0 aliphatic carbocycles. The molecular weight excluding hydrogens is 726 g/mol. The summed E-state index contributed by atoms with van der Waals surface area (Å²) in [6.07, 6.45) is 5.67. The number of thioether (sulfide) groups is 1. The van der Waals surface area contributed by atoms with E-state index in [4.69, 9.17) is 9.57 Å². The molecule has 50 heavy (non-hydrogen) atoms. The molecule has 2 aromatic rings. The molecule has 0 N–H and O–H groups in total. The molecule has 2 aromatic carbocycles. The fraction of sp³-hybridized carbons (Fsp3) is 0.258. The third-order valence-corrected chi connectivity index (χ3v) is 11.2. The van der Waals surface area contributed by atoms with Crippen molar-refractivity contribution in [1.29, 1.82) is 0 Å². The number of ketones is 1. The van der Waals surface area contributed by atoms with E-state index in [0.717, 1.165) is 0 Å². The number of carbonyl (C=O) groups excluding carboxylic acids is 5. The third kappa shape index (κ3) is 8.81. The maximum Gasteiger partial charge on any atom is 1.00 e. The van der Waals surface area contributed by atoms with Crippen molar-refractivity contribution in [3.63, 3.8) is 0 Å². The Morgan fingerprint density at radius 3 is 2.38 bits per heavy atom. The van der Waals surface area contributed by atoms with E-state index in [-0.39, 0.29) is 70.7 Å². The molecule has 1 fully saturated rings. The van der Waals surface area contributed by atoms with Gasteiger partial charge in [0.15, 0.2) is 0 Å². The summed E-state index contributed by atoms with van der Waals surface area (Å²) in [5, 5.41) is 0.973. The summed E-state index contributed by atoms with van der Waals surface area (Å²) >= 11 is 1.27. The average Bonchev–Trinajstić information content (AvgIpc) is 3.62. The largest absolute Gasteiger partial charge is 1.00 e. The Morgan fingerprint density at radius 2 is 1.70 bits per heavy atom. The summed E-state index contributed by atoms with van der Waals surface area (Å²) in [7, 11) is -6.95. The Morgan fingerprint density at radius 1 is 1.02 bits per heavy atom. The number of anilines is 2. The number of amides is 3. The van der Waals surface area contributed by atoms with Gasteiger partial charge in [-0.2, -0.15) is 0 Å². The van der Waals surface area contributed by atoms with Gasteiger partial charge >= 0.3 is 35.5 Å². The van der Waals surface area contributed by atoms with Crippen LogP contribution in [0.3, 0.4) is 0 Å². The second-order valence-corrected chi connectivity index (χ2v) is 15.2. The molecule has 258 valence electrons. The van der Waals surface area contributed by atoms with Gasteiger partial charge in [-0.25, -0.2) is 21.6 Å². The predicted molar refractivity (Wildman–Crippen MR) is 173 cm³/mol. The molecule has 1 saturated heterocycles. The predicted octanol–water partition coefficient (Wildman–Crippen LogP) is -0.924. The van der Waals surface area contributed by atoms with E-state index < -0.39 is 68.4 Å². The number of allylic oxidation sites excluding steroid dienone is 5. The van der Waals surface area contributed by atoms with Gasteiger partial charge in [-0.15, -0.1) is 5.06 Å². The number of imide groups is 1. The number of rotatable bonds is 12. The van der Waals surface area contributed by atoms with E-state index in [1.54, 1.807) is 35.2 Å². The van der Waals surface area contributed by atoms with Crippen LogP contribution in [-0.4, -0.2) is 88.5 Å². The third-order valence-electron chi connectivity index (χ3n) is 7.43. The van der Waals surface area contributed by atoms with Crippen LogP contribution in [0.25, 0.3) is 0 Å². The van der Waals surface area contributed by atoms with E-state index in [1.807, 2.05) is 0 Å². The monoisotopic (exact) mass is 753 g/mol. The Balaban J connectivity index is 0.00000562. The van der Waals surface area contributed by atoms with Crippen molar-refractivity contribution in [2.45, 2.75) is 29.1 Å². The maximum absolute atomic E-state index is 12.8. The van der Waals surface area contributed by atoms with Gasteiger partial charge in [0.05, 0.1) is 25.7 Å². The van der Waals surface area contributed by atoms with Gasteiger partial charge in [-0.1, -0.05) is 36.0 Å². The maximum atomic E-state index is 12.8.